The molecule has 29 heavy (non-hydrogen) atoms. The number of nitrogens with one attached hydrogen (secondary N) is 2. The number of anilines is 1. The van der Waals surface area contributed by atoms with E-state index < -0.39 is 17.6 Å². The van der Waals surface area contributed by atoms with E-state index in [2.05, 4.69) is 31.8 Å². The molecule has 3 aromatic carbocycles. The number of hydrogen-bond donors (Lipinski definition) is 3. The van der Waals surface area contributed by atoms with E-state index in [0.29, 0.717) is 5.56 Å². The smallest absolute Gasteiger partial charge is 0.273 e. The second-order valence-electron chi connectivity index (χ2n) is 5.88. The molecule has 0 aliphatic rings. The van der Waals surface area contributed by atoms with Crippen molar-refractivity contribution in [3.05, 3.63) is 93.7 Å². The van der Waals surface area contributed by atoms with Crippen molar-refractivity contribution in [3.63, 3.8) is 0 Å². The SMILES string of the molecule is O=C(Nc1ccccc1C(=O)N/N=C\c1cc(Br)ccc1O)c1ccccc1F. The van der Waals surface area contributed by atoms with Crippen molar-refractivity contribution >= 4 is 39.6 Å². The Balaban J connectivity index is 1.75. The molecule has 6 nitrogen and oxygen atoms in total. The minimum absolute atomic E-state index is 0.00347. The second kappa shape index (κ2) is 9.11. The standard InChI is InChI=1S/C21H15BrFN3O3/c22-14-9-10-19(27)13(11-14)12-24-26-21(29)16-6-2-4-8-18(16)25-20(28)15-5-1-3-7-17(15)23/h1-12,27H,(H,25,28)(H,26,29)/b24-12-. The number of phenols is 1. The molecule has 8 heteroatoms. The zero-order chi connectivity index (χ0) is 20.8. The number of aromatic hydroxyl groups is 1. The first kappa shape index (κ1) is 20.2. The lowest BCUT2D eigenvalue weighted by atomic mass is 10.1. The van der Waals surface area contributed by atoms with Crippen molar-refractivity contribution < 1.29 is 19.1 Å². The summed E-state index contributed by atoms with van der Waals surface area (Å²) in [5, 5.41) is 16.2. The molecule has 3 aromatic rings. The molecule has 0 heterocycles. The Hall–Kier alpha value is -3.52. The lowest BCUT2D eigenvalue weighted by molar-refractivity contribution is 0.0956. The van der Waals surface area contributed by atoms with E-state index >= 15 is 0 Å². The average molecular weight is 456 g/mol. The molecule has 0 saturated heterocycles. The first-order valence-electron chi connectivity index (χ1n) is 8.42. The van der Waals surface area contributed by atoms with E-state index in [0.717, 1.165) is 4.47 Å². The number of carbonyl (C=O) groups is 2. The highest BCUT2D eigenvalue weighted by molar-refractivity contribution is 9.10. The number of amides is 2. The van der Waals surface area contributed by atoms with Crippen LogP contribution in [0.1, 0.15) is 26.3 Å². The van der Waals surface area contributed by atoms with E-state index in [-0.39, 0.29) is 22.6 Å². The van der Waals surface area contributed by atoms with Crippen LogP contribution in [-0.2, 0) is 0 Å². The van der Waals surface area contributed by atoms with Gasteiger partial charge in [-0.25, -0.2) is 9.82 Å². The Morgan fingerprint density at radius 2 is 1.66 bits per heavy atom. The van der Waals surface area contributed by atoms with Gasteiger partial charge in [0, 0.05) is 10.0 Å². The Kier molecular flexibility index (Phi) is 6.36. The molecular weight excluding hydrogens is 441 g/mol. The molecule has 0 unspecified atom stereocenters. The highest BCUT2D eigenvalue weighted by Gasteiger charge is 2.15. The topological polar surface area (TPSA) is 90.8 Å². The van der Waals surface area contributed by atoms with Gasteiger partial charge >= 0.3 is 0 Å². The summed E-state index contributed by atoms with van der Waals surface area (Å²) in [5.41, 5.74) is 2.96. The summed E-state index contributed by atoms with van der Waals surface area (Å²) in [5.74, 6) is -1.92. The molecule has 0 fully saturated rings. The Morgan fingerprint density at radius 3 is 2.41 bits per heavy atom. The van der Waals surface area contributed by atoms with Crippen LogP contribution in [-0.4, -0.2) is 23.1 Å². The van der Waals surface area contributed by atoms with Crippen LogP contribution in [0.25, 0.3) is 0 Å². The van der Waals surface area contributed by atoms with Crippen LogP contribution in [0, 0.1) is 5.82 Å². The van der Waals surface area contributed by atoms with Gasteiger partial charge in [-0.1, -0.05) is 40.2 Å². The monoisotopic (exact) mass is 455 g/mol. The van der Waals surface area contributed by atoms with E-state index in [1.54, 1.807) is 30.3 Å². The number of nitrogens with zero attached hydrogens (tertiary/aromatic N) is 1. The van der Waals surface area contributed by atoms with Crippen molar-refractivity contribution in [2.24, 2.45) is 5.10 Å². The Labute approximate surface area is 174 Å². The van der Waals surface area contributed by atoms with Crippen molar-refractivity contribution in [1.29, 1.82) is 0 Å². The fourth-order valence-electron chi connectivity index (χ4n) is 2.47. The van der Waals surface area contributed by atoms with Crippen molar-refractivity contribution in [1.82, 2.24) is 5.43 Å². The van der Waals surface area contributed by atoms with Gasteiger partial charge in [0.25, 0.3) is 11.8 Å². The molecule has 2 amide bonds. The summed E-state index contributed by atoms with van der Waals surface area (Å²) in [6, 6.07) is 16.6. The molecule has 3 rings (SSSR count). The van der Waals surface area contributed by atoms with Crippen molar-refractivity contribution in [2.75, 3.05) is 5.32 Å². The molecule has 0 aromatic heterocycles. The van der Waals surface area contributed by atoms with Gasteiger partial charge in [0.15, 0.2) is 0 Å². The average Bonchev–Trinajstić information content (AvgIpc) is 2.71. The Bertz CT molecular complexity index is 1100. The third-order valence-corrected chi connectivity index (χ3v) is 4.39. The first-order valence-corrected chi connectivity index (χ1v) is 9.22. The molecule has 0 aliphatic heterocycles. The lowest BCUT2D eigenvalue weighted by Gasteiger charge is -2.10. The summed E-state index contributed by atoms with van der Waals surface area (Å²) in [6.45, 7) is 0. The maximum atomic E-state index is 13.8. The second-order valence-corrected chi connectivity index (χ2v) is 6.80. The van der Waals surface area contributed by atoms with E-state index in [4.69, 9.17) is 0 Å². The zero-order valence-electron chi connectivity index (χ0n) is 14.9. The van der Waals surface area contributed by atoms with E-state index in [1.807, 2.05) is 0 Å². The molecule has 0 radical (unpaired) electrons. The summed E-state index contributed by atoms with van der Waals surface area (Å²) >= 11 is 3.28. The quantitative estimate of drug-likeness (QED) is 0.395. The lowest BCUT2D eigenvalue weighted by Crippen LogP contribution is -2.21. The van der Waals surface area contributed by atoms with Gasteiger partial charge in [-0.15, -0.1) is 0 Å². The zero-order valence-corrected chi connectivity index (χ0v) is 16.5. The number of carbonyl (C=O) groups excluding carboxylic acids is 2. The number of phenolic OH excluding ortho intramolecular Hbond substituents is 1. The molecule has 0 spiro atoms. The van der Waals surface area contributed by atoms with Crippen LogP contribution in [0.3, 0.4) is 0 Å². The highest BCUT2D eigenvalue weighted by Crippen LogP contribution is 2.20. The summed E-state index contributed by atoms with van der Waals surface area (Å²) in [4.78, 5) is 24.8. The summed E-state index contributed by atoms with van der Waals surface area (Å²) in [6.07, 6.45) is 1.29. The number of hydrazone groups is 1. The number of benzene rings is 3. The van der Waals surface area contributed by atoms with Crippen molar-refractivity contribution in [2.45, 2.75) is 0 Å². The van der Waals surface area contributed by atoms with Gasteiger partial charge in [0.1, 0.15) is 11.6 Å². The summed E-state index contributed by atoms with van der Waals surface area (Å²) in [7, 11) is 0. The van der Waals surface area contributed by atoms with Crippen LogP contribution in [0.2, 0.25) is 0 Å². The molecule has 146 valence electrons. The number of rotatable bonds is 5. The maximum absolute atomic E-state index is 13.8. The van der Waals surface area contributed by atoms with Gasteiger partial charge in [-0.2, -0.15) is 5.10 Å². The van der Waals surface area contributed by atoms with Crippen LogP contribution >= 0.6 is 15.9 Å². The molecule has 0 atom stereocenters. The Morgan fingerprint density at radius 1 is 0.966 bits per heavy atom. The molecule has 3 N–H and O–H groups in total. The van der Waals surface area contributed by atoms with Crippen LogP contribution in [0.4, 0.5) is 10.1 Å². The van der Waals surface area contributed by atoms with E-state index in [1.165, 1.54) is 42.6 Å². The van der Waals surface area contributed by atoms with Crippen molar-refractivity contribution in [3.8, 4) is 5.75 Å². The van der Waals surface area contributed by atoms with Gasteiger partial charge in [-0.05, 0) is 42.5 Å². The third-order valence-electron chi connectivity index (χ3n) is 3.90. The predicted octanol–water partition coefficient (Wildman–Crippen LogP) is 4.31. The number of halogens is 2. The maximum Gasteiger partial charge on any atom is 0.273 e. The molecule has 0 bridgehead atoms. The van der Waals surface area contributed by atoms with Crippen LogP contribution < -0.4 is 10.7 Å². The van der Waals surface area contributed by atoms with Gasteiger partial charge in [0.2, 0.25) is 0 Å². The van der Waals surface area contributed by atoms with Gasteiger partial charge in [-0.3, -0.25) is 9.59 Å². The number of hydrogen-bond acceptors (Lipinski definition) is 4. The molecule has 0 aliphatic carbocycles. The van der Waals surface area contributed by atoms with Crippen LogP contribution in [0.15, 0.2) is 76.3 Å². The fraction of sp³-hybridized carbons (Fsp3) is 0. The minimum Gasteiger partial charge on any atom is -0.507 e. The normalized spacial score (nSPS) is 10.7. The summed E-state index contributed by atoms with van der Waals surface area (Å²) < 4.78 is 14.5. The van der Waals surface area contributed by atoms with E-state index in [9.17, 15) is 19.1 Å². The van der Waals surface area contributed by atoms with Gasteiger partial charge in [0.05, 0.1) is 23.0 Å². The minimum atomic E-state index is -0.675. The number of para-hydroxylation sites is 1. The molecular formula is C21H15BrFN3O3. The van der Waals surface area contributed by atoms with Crippen LogP contribution in [0.5, 0.6) is 5.75 Å². The third kappa shape index (κ3) is 5.05. The first-order chi connectivity index (χ1) is 14.0. The van der Waals surface area contributed by atoms with Gasteiger partial charge < -0.3 is 10.4 Å². The predicted molar refractivity (Wildman–Crippen MR) is 112 cm³/mol. The highest BCUT2D eigenvalue weighted by atomic mass is 79.9. The largest absolute Gasteiger partial charge is 0.507 e. The fourth-order valence-corrected chi connectivity index (χ4v) is 2.85. The molecule has 0 saturated carbocycles.